The molecule has 0 aliphatic carbocycles. The number of nitrogen functional groups attached to an aromatic ring is 1. The molecule has 3 aromatic rings. The summed E-state index contributed by atoms with van der Waals surface area (Å²) in [4.78, 5) is 12.9. The molecule has 1 fully saturated rings. The molecule has 14 heteroatoms. The van der Waals surface area contributed by atoms with Gasteiger partial charge in [0.1, 0.15) is 34.8 Å². The van der Waals surface area contributed by atoms with Gasteiger partial charge < -0.3 is 30.6 Å². The normalized spacial score (nSPS) is 20.2. The highest BCUT2D eigenvalue weighted by Gasteiger charge is 2.39. The minimum Gasteiger partial charge on any atom is -0.474 e. The van der Waals surface area contributed by atoms with Crippen LogP contribution in [0.1, 0.15) is 65.0 Å². The van der Waals surface area contributed by atoms with Crippen molar-refractivity contribution >= 4 is 22.4 Å². The molecule has 4 N–H and O–H groups in total. The molecule has 2 aromatic heterocycles. The number of benzene rings is 1. The highest BCUT2D eigenvalue weighted by molar-refractivity contribution is 5.96. The lowest BCUT2D eigenvalue weighted by atomic mass is 9.96. The van der Waals surface area contributed by atoms with Crippen molar-refractivity contribution < 1.29 is 36.2 Å². The first-order valence-corrected chi connectivity index (χ1v) is 14.7. The van der Waals surface area contributed by atoms with Gasteiger partial charge in [-0.15, -0.1) is 0 Å². The molecule has 1 saturated heterocycles. The second kappa shape index (κ2) is 13.2. The van der Waals surface area contributed by atoms with Crippen molar-refractivity contribution in [3.05, 3.63) is 28.8 Å². The Kier molecular flexibility index (Phi) is 10.0. The number of nitrogens with zero attached hydrogens (tertiary/aromatic N) is 3. The van der Waals surface area contributed by atoms with Gasteiger partial charge in [-0.3, -0.25) is 0 Å². The fourth-order valence-electron chi connectivity index (χ4n) is 5.26. The van der Waals surface area contributed by atoms with Crippen LogP contribution in [-0.2, 0) is 10.9 Å². The van der Waals surface area contributed by atoms with Crippen LogP contribution in [0.3, 0.4) is 0 Å². The van der Waals surface area contributed by atoms with Gasteiger partial charge in [0.05, 0.1) is 29.1 Å². The van der Waals surface area contributed by atoms with Gasteiger partial charge in [0.25, 0.3) is 0 Å². The van der Waals surface area contributed by atoms with Crippen LogP contribution in [-0.4, -0.2) is 59.0 Å². The lowest BCUT2D eigenvalue weighted by Gasteiger charge is -2.21. The van der Waals surface area contributed by atoms with Gasteiger partial charge >= 0.3 is 12.2 Å². The molecular weight excluding hydrogens is 587 g/mol. The summed E-state index contributed by atoms with van der Waals surface area (Å²) in [6.07, 6.45) is -3.66. The van der Waals surface area contributed by atoms with E-state index in [4.69, 9.17) is 19.9 Å². The molecule has 0 radical (unpaired) electrons. The average Bonchev–Trinajstić information content (AvgIpc) is 3.30. The topological polar surface area (TPSA) is 116 Å². The number of rotatable bonds is 4. The fourth-order valence-corrected chi connectivity index (χ4v) is 5.26. The zero-order chi connectivity index (χ0) is 32.4. The summed E-state index contributed by atoms with van der Waals surface area (Å²) in [5, 5.41) is 6.39. The van der Waals surface area contributed by atoms with Crippen LogP contribution in [0, 0.1) is 18.6 Å². The summed E-state index contributed by atoms with van der Waals surface area (Å²) < 4.78 is 91.5. The Balaban J connectivity index is 0.00000216. The van der Waals surface area contributed by atoms with E-state index in [0.29, 0.717) is 26.1 Å². The van der Waals surface area contributed by atoms with Crippen molar-refractivity contribution in [1.29, 1.82) is 0 Å². The third-order valence-corrected chi connectivity index (χ3v) is 7.38. The van der Waals surface area contributed by atoms with Crippen LogP contribution in [0.2, 0.25) is 0 Å². The van der Waals surface area contributed by atoms with E-state index in [1.54, 1.807) is 6.92 Å². The summed E-state index contributed by atoms with van der Waals surface area (Å²) in [5.74, 6) is -2.48. The molecule has 44 heavy (non-hydrogen) atoms. The minimum atomic E-state index is -5.04. The smallest absolute Gasteiger partial charge is 0.417 e. The molecular formula is C30H39F5N6O3. The Bertz CT molecular complexity index is 1500. The minimum absolute atomic E-state index is 0.0379. The SMILES string of the molecule is CC.Cc1c(F)c(N)cc(-c2nc3c4c(nc(OCC5CCC(C)(C)O5)nc4c2F)NCCNCCC(C)O3)c1C(F)(F)F. The Morgan fingerprint density at radius 1 is 1.07 bits per heavy atom. The number of nitrogens with two attached hydrogens (primary N) is 1. The summed E-state index contributed by atoms with van der Waals surface area (Å²) in [6.45, 7) is 12.2. The lowest BCUT2D eigenvalue weighted by molar-refractivity contribution is -0.137. The first-order valence-electron chi connectivity index (χ1n) is 14.7. The van der Waals surface area contributed by atoms with Crippen LogP contribution >= 0.6 is 0 Å². The maximum Gasteiger partial charge on any atom is 0.417 e. The van der Waals surface area contributed by atoms with Crippen molar-refractivity contribution in [2.75, 3.05) is 37.3 Å². The van der Waals surface area contributed by atoms with E-state index >= 15 is 4.39 Å². The number of hydrogen-bond donors (Lipinski definition) is 3. The van der Waals surface area contributed by atoms with Crippen LogP contribution < -0.4 is 25.8 Å². The second-order valence-corrected chi connectivity index (χ2v) is 11.2. The summed E-state index contributed by atoms with van der Waals surface area (Å²) in [6, 6.07) is 0.520. The maximum absolute atomic E-state index is 16.4. The number of hydrogen-bond acceptors (Lipinski definition) is 9. The van der Waals surface area contributed by atoms with Crippen LogP contribution in [0.4, 0.5) is 33.5 Å². The average molecular weight is 627 g/mol. The Labute approximate surface area is 253 Å². The number of pyridine rings is 1. The maximum atomic E-state index is 16.4. The van der Waals surface area contributed by atoms with Gasteiger partial charge in [0, 0.05) is 18.7 Å². The number of halogens is 5. The highest BCUT2D eigenvalue weighted by Crippen LogP contribution is 2.44. The fraction of sp³-hybridized carbons (Fsp3) is 0.567. The quantitative estimate of drug-likeness (QED) is 0.223. The van der Waals surface area contributed by atoms with Gasteiger partial charge in [-0.25, -0.2) is 13.8 Å². The van der Waals surface area contributed by atoms with Gasteiger partial charge in [-0.1, -0.05) is 13.8 Å². The number of alkyl halides is 3. The van der Waals surface area contributed by atoms with Crippen molar-refractivity contribution in [1.82, 2.24) is 20.3 Å². The number of anilines is 2. The van der Waals surface area contributed by atoms with E-state index in [2.05, 4.69) is 25.6 Å². The van der Waals surface area contributed by atoms with E-state index in [1.165, 1.54) is 0 Å². The van der Waals surface area contributed by atoms with Crippen LogP contribution in [0.5, 0.6) is 11.9 Å². The first-order chi connectivity index (χ1) is 20.7. The van der Waals surface area contributed by atoms with Crippen LogP contribution in [0.25, 0.3) is 22.2 Å². The number of nitrogens with one attached hydrogen (secondary N) is 2. The zero-order valence-corrected chi connectivity index (χ0v) is 25.7. The Morgan fingerprint density at radius 2 is 1.80 bits per heavy atom. The molecule has 0 saturated carbocycles. The molecule has 2 aliphatic rings. The third-order valence-electron chi connectivity index (χ3n) is 7.38. The second-order valence-electron chi connectivity index (χ2n) is 11.2. The number of aromatic nitrogens is 3. The van der Waals surface area contributed by atoms with E-state index < -0.39 is 52.0 Å². The van der Waals surface area contributed by atoms with E-state index in [-0.39, 0.29) is 46.9 Å². The predicted molar refractivity (Wildman–Crippen MR) is 158 cm³/mol. The number of ether oxygens (including phenoxy) is 3. The van der Waals surface area contributed by atoms with Crippen molar-refractivity contribution in [2.45, 2.75) is 84.8 Å². The highest BCUT2D eigenvalue weighted by atomic mass is 19.4. The Morgan fingerprint density at radius 3 is 2.45 bits per heavy atom. The van der Waals surface area contributed by atoms with Gasteiger partial charge in [0.2, 0.25) is 5.88 Å². The summed E-state index contributed by atoms with van der Waals surface area (Å²) >= 11 is 0. The van der Waals surface area contributed by atoms with Gasteiger partial charge in [0.15, 0.2) is 5.82 Å². The molecule has 9 nitrogen and oxygen atoms in total. The van der Waals surface area contributed by atoms with Crippen molar-refractivity contribution in [3.63, 3.8) is 0 Å². The predicted octanol–water partition coefficient (Wildman–Crippen LogP) is 6.41. The lowest BCUT2D eigenvalue weighted by Crippen LogP contribution is -2.26. The van der Waals surface area contributed by atoms with Crippen molar-refractivity contribution in [3.8, 4) is 23.1 Å². The van der Waals surface area contributed by atoms with Crippen molar-refractivity contribution in [2.24, 2.45) is 0 Å². The molecule has 0 bridgehead atoms. The zero-order valence-electron chi connectivity index (χ0n) is 25.7. The van der Waals surface area contributed by atoms with E-state index in [0.717, 1.165) is 25.8 Å². The summed E-state index contributed by atoms with van der Waals surface area (Å²) in [5.41, 5.74) is 0.784. The van der Waals surface area contributed by atoms with Gasteiger partial charge in [-0.2, -0.15) is 23.1 Å². The monoisotopic (exact) mass is 626 g/mol. The first kappa shape index (κ1) is 33.4. The van der Waals surface area contributed by atoms with Gasteiger partial charge in [-0.05, 0) is 65.1 Å². The molecule has 2 aliphatic heterocycles. The van der Waals surface area contributed by atoms with E-state index in [9.17, 15) is 17.6 Å². The third kappa shape index (κ3) is 7.06. The molecule has 242 valence electrons. The van der Waals surface area contributed by atoms with Crippen LogP contribution in [0.15, 0.2) is 6.07 Å². The summed E-state index contributed by atoms with van der Waals surface area (Å²) in [7, 11) is 0. The molecule has 1 aromatic carbocycles. The van der Waals surface area contributed by atoms with E-state index in [1.807, 2.05) is 27.7 Å². The Hall–Kier alpha value is -3.52. The molecule has 2 unspecified atom stereocenters. The largest absolute Gasteiger partial charge is 0.474 e. The standard InChI is InChI=1S/C28H33F5N6O3.C2H6/c1-13-6-8-35-9-10-36-24-18-23(38-26(39-24)40-12-15-5-7-27(3,4)42-15)21(30)22(37-25(18)41-13)16-11-17(34)20(29)14(2)19(16)28(31,32)33;1-2/h11,13,15,35H,5-10,12,34H2,1-4H3,(H,36,38,39);1-2H3. The molecule has 2 atom stereocenters. The molecule has 0 amide bonds. The molecule has 5 rings (SSSR count). The molecule has 4 heterocycles. The molecule has 0 spiro atoms.